The predicted molar refractivity (Wildman–Crippen MR) is 135 cm³/mol. The third kappa shape index (κ3) is 5.33. The van der Waals surface area contributed by atoms with Crippen LogP contribution in [0.25, 0.3) is 0 Å². The van der Waals surface area contributed by atoms with Crippen LogP contribution >= 0.6 is 0 Å². The molecule has 1 heterocycles. The Morgan fingerprint density at radius 3 is 2.24 bits per heavy atom. The average Bonchev–Trinajstić information content (AvgIpc) is 3.37. The molecule has 33 heavy (non-hydrogen) atoms. The number of hydrogen-bond acceptors (Lipinski definition) is 4. The van der Waals surface area contributed by atoms with Crippen LogP contribution in [0.4, 0.5) is 0 Å². The Balaban J connectivity index is 1.60. The molecule has 3 atom stereocenters. The van der Waals surface area contributed by atoms with E-state index in [1.807, 2.05) is 30.3 Å². The van der Waals surface area contributed by atoms with E-state index in [2.05, 4.69) is 79.5 Å². The summed E-state index contributed by atoms with van der Waals surface area (Å²) in [6.07, 6.45) is 0.695. The largest absolute Gasteiger partial charge is 0.480 e. The molecule has 1 aliphatic rings. The molecule has 0 bridgehead atoms. The molecule has 0 amide bonds. The first-order valence-electron chi connectivity index (χ1n) is 11.5. The average molecular weight is 441 g/mol. The Morgan fingerprint density at radius 2 is 1.61 bits per heavy atom. The van der Waals surface area contributed by atoms with Gasteiger partial charge in [-0.25, -0.2) is 4.99 Å². The summed E-state index contributed by atoms with van der Waals surface area (Å²) in [5, 5.41) is 0. The third-order valence-corrected chi connectivity index (χ3v) is 6.22. The van der Waals surface area contributed by atoms with Crippen LogP contribution in [0.5, 0.6) is 0 Å². The van der Waals surface area contributed by atoms with Crippen molar-refractivity contribution >= 4 is 11.8 Å². The molecule has 4 rings (SSSR count). The van der Waals surface area contributed by atoms with Crippen molar-refractivity contribution in [2.45, 2.75) is 32.2 Å². The molecule has 0 radical (unpaired) electrons. The monoisotopic (exact) mass is 440 g/mol. The van der Waals surface area contributed by atoms with Crippen molar-refractivity contribution in [3.8, 4) is 0 Å². The van der Waals surface area contributed by atoms with Gasteiger partial charge in [-0.2, -0.15) is 0 Å². The Labute approximate surface area is 197 Å². The Morgan fingerprint density at radius 1 is 1.00 bits per heavy atom. The Bertz CT molecular complexity index is 1080. The molecule has 0 saturated heterocycles. The lowest BCUT2D eigenvalue weighted by Crippen LogP contribution is -2.41. The molecule has 0 aliphatic carbocycles. The maximum Gasteiger partial charge on any atom is 0.200 e. The van der Waals surface area contributed by atoms with Crippen molar-refractivity contribution in [2.24, 2.45) is 15.4 Å². The summed E-state index contributed by atoms with van der Waals surface area (Å²) < 4.78 is 12.6. The van der Waals surface area contributed by atoms with Crippen LogP contribution in [-0.2, 0) is 15.9 Å². The molecule has 4 nitrogen and oxygen atoms in total. The third-order valence-electron chi connectivity index (χ3n) is 6.22. The van der Waals surface area contributed by atoms with E-state index in [1.165, 1.54) is 11.1 Å². The minimum absolute atomic E-state index is 0.0161. The minimum Gasteiger partial charge on any atom is -0.480 e. The van der Waals surface area contributed by atoms with Crippen LogP contribution in [0.1, 0.15) is 42.5 Å². The minimum atomic E-state index is -0.601. The van der Waals surface area contributed by atoms with Crippen molar-refractivity contribution in [3.63, 3.8) is 0 Å². The standard InChI is InChI=1S/C29H32N2O2/c1-22(24-15-9-5-10-16-24)20-32-27(30-3)29(2,19-23-13-7-4-8-14-23)28-31-26(21-33-28)25-17-11-6-12-18-25/h4-18,22,26H,19-21H2,1-3H3/t22-,26-,29?/m0/s1. The van der Waals surface area contributed by atoms with Gasteiger partial charge in [-0.15, -0.1) is 0 Å². The molecule has 0 saturated carbocycles. The van der Waals surface area contributed by atoms with Crippen molar-refractivity contribution in [3.05, 3.63) is 108 Å². The molecule has 3 aromatic carbocycles. The van der Waals surface area contributed by atoms with Crippen LogP contribution in [-0.4, -0.2) is 32.1 Å². The second kappa shape index (κ2) is 10.5. The quantitative estimate of drug-likeness (QED) is 0.307. The van der Waals surface area contributed by atoms with Gasteiger partial charge in [-0.05, 0) is 30.0 Å². The zero-order valence-corrected chi connectivity index (χ0v) is 19.6. The molecule has 1 unspecified atom stereocenters. The van der Waals surface area contributed by atoms with E-state index in [9.17, 15) is 0 Å². The van der Waals surface area contributed by atoms with Gasteiger partial charge in [-0.3, -0.25) is 4.99 Å². The Hall–Kier alpha value is -3.40. The highest BCUT2D eigenvalue weighted by Crippen LogP contribution is 2.35. The maximum atomic E-state index is 6.39. The summed E-state index contributed by atoms with van der Waals surface area (Å²) >= 11 is 0. The number of aliphatic imine (C=N–C) groups is 2. The topological polar surface area (TPSA) is 43.2 Å². The summed E-state index contributed by atoms with van der Waals surface area (Å²) in [7, 11) is 1.79. The van der Waals surface area contributed by atoms with Crippen LogP contribution < -0.4 is 0 Å². The van der Waals surface area contributed by atoms with Gasteiger partial charge in [0.2, 0.25) is 0 Å². The smallest absolute Gasteiger partial charge is 0.200 e. The van der Waals surface area contributed by atoms with E-state index in [-0.39, 0.29) is 12.0 Å². The predicted octanol–water partition coefficient (Wildman–Crippen LogP) is 6.25. The normalized spacial score (nSPS) is 18.7. The first kappa shape index (κ1) is 22.8. The van der Waals surface area contributed by atoms with E-state index in [1.54, 1.807) is 7.05 Å². The van der Waals surface area contributed by atoms with Gasteiger partial charge in [0.15, 0.2) is 11.8 Å². The first-order valence-corrected chi connectivity index (χ1v) is 11.5. The van der Waals surface area contributed by atoms with Gasteiger partial charge in [0, 0.05) is 13.0 Å². The molecule has 0 fully saturated rings. The van der Waals surface area contributed by atoms with Gasteiger partial charge >= 0.3 is 0 Å². The van der Waals surface area contributed by atoms with E-state index in [0.29, 0.717) is 31.4 Å². The SMILES string of the molecule is CN=C(OC[C@H](C)c1ccccc1)C(C)(Cc1ccccc1)C1=N[C@H](c2ccccc2)CO1. The summed E-state index contributed by atoms with van der Waals surface area (Å²) in [5.74, 6) is 1.59. The van der Waals surface area contributed by atoms with E-state index in [0.717, 1.165) is 5.56 Å². The first-order chi connectivity index (χ1) is 16.1. The van der Waals surface area contributed by atoms with Crippen molar-refractivity contribution in [2.75, 3.05) is 20.3 Å². The highest BCUT2D eigenvalue weighted by molar-refractivity contribution is 6.05. The maximum absolute atomic E-state index is 6.39. The fourth-order valence-corrected chi connectivity index (χ4v) is 4.32. The molecule has 170 valence electrons. The lowest BCUT2D eigenvalue weighted by atomic mass is 9.82. The zero-order valence-electron chi connectivity index (χ0n) is 19.6. The number of nitrogens with zero attached hydrogens (tertiary/aromatic N) is 2. The highest BCUT2D eigenvalue weighted by Gasteiger charge is 2.43. The highest BCUT2D eigenvalue weighted by atomic mass is 16.5. The fourth-order valence-electron chi connectivity index (χ4n) is 4.32. The number of hydrogen-bond donors (Lipinski definition) is 0. The molecule has 4 heteroatoms. The van der Waals surface area contributed by atoms with Gasteiger partial charge < -0.3 is 9.47 Å². The van der Waals surface area contributed by atoms with Gasteiger partial charge in [0.05, 0.1) is 6.61 Å². The Kier molecular flexibility index (Phi) is 7.23. The van der Waals surface area contributed by atoms with Crippen LogP contribution in [0.15, 0.2) is 101 Å². The molecule has 0 spiro atoms. The number of ether oxygens (including phenoxy) is 2. The molecule has 1 aliphatic heterocycles. The summed E-state index contributed by atoms with van der Waals surface area (Å²) in [6, 6.07) is 31.1. The summed E-state index contributed by atoms with van der Waals surface area (Å²) in [5.41, 5.74) is 2.99. The molecular weight excluding hydrogens is 408 g/mol. The second-order valence-corrected chi connectivity index (χ2v) is 8.82. The second-order valence-electron chi connectivity index (χ2n) is 8.82. The van der Waals surface area contributed by atoms with Crippen molar-refractivity contribution in [1.82, 2.24) is 0 Å². The molecular formula is C29H32N2O2. The molecule has 0 N–H and O–H groups in total. The van der Waals surface area contributed by atoms with Gasteiger partial charge in [0.25, 0.3) is 0 Å². The van der Waals surface area contributed by atoms with Crippen LogP contribution in [0, 0.1) is 5.41 Å². The zero-order chi connectivity index (χ0) is 23.1. The lowest BCUT2D eigenvalue weighted by Gasteiger charge is -2.30. The summed E-state index contributed by atoms with van der Waals surface area (Å²) in [4.78, 5) is 9.61. The number of rotatable bonds is 8. The van der Waals surface area contributed by atoms with E-state index in [4.69, 9.17) is 14.5 Å². The van der Waals surface area contributed by atoms with E-state index >= 15 is 0 Å². The fraction of sp³-hybridized carbons (Fsp3) is 0.310. The number of benzene rings is 3. The van der Waals surface area contributed by atoms with E-state index < -0.39 is 5.41 Å². The summed E-state index contributed by atoms with van der Waals surface area (Å²) in [6.45, 7) is 5.37. The van der Waals surface area contributed by atoms with Crippen LogP contribution in [0.2, 0.25) is 0 Å². The van der Waals surface area contributed by atoms with Crippen molar-refractivity contribution < 1.29 is 9.47 Å². The van der Waals surface area contributed by atoms with Crippen LogP contribution in [0.3, 0.4) is 0 Å². The van der Waals surface area contributed by atoms with Gasteiger partial charge in [-0.1, -0.05) is 97.9 Å². The van der Waals surface area contributed by atoms with Gasteiger partial charge in [0.1, 0.15) is 18.1 Å². The lowest BCUT2D eigenvalue weighted by molar-refractivity contribution is 0.233. The molecule has 0 aromatic heterocycles. The molecule has 3 aromatic rings. The van der Waals surface area contributed by atoms with Crippen molar-refractivity contribution in [1.29, 1.82) is 0 Å².